The highest BCUT2D eigenvalue weighted by Crippen LogP contribution is 1.97. The first kappa shape index (κ1) is 11.2. The van der Waals surface area contributed by atoms with Crippen molar-refractivity contribution in [3.05, 3.63) is 0 Å². The Balaban J connectivity index is 3.41. The molecule has 1 unspecified atom stereocenters. The van der Waals surface area contributed by atoms with E-state index >= 15 is 0 Å². The molecule has 0 N–H and O–H groups in total. The van der Waals surface area contributed by atoms with Gasteiger partial charge in [0.1, 0.15) is 0 Å². The summed E-state index contributed by atoms with van der Waals surface area (Å²) in [5.74, 6) is 0.0200. The fraction of sp³-hybridized carbons (Fsp3) is 0.800. The van der Waals surface area contributed by atoms with Gasteiger partial charge < -0.3 is 0 Å². The van der Waals surface area contributed by atoms with E-state index in [0.29, 0.717) is 0 Å². The van der Waals surface area contributed by atoms with Crippen molar-refractivity contribution in [1.82, 2.24) is 0 Å². The average Bonchev–Trinajstić information content (AvgIpc) is 2.11. The number of unbranched alkanes of at least 4 members (excludes halogenated alkanes) is 2. The Morgan fingerprint density at radius 1 is 1.42 bits per heavy atom. The minimum absolute atomic E-state index is 0.0200. The van der Waals surface area contributed by atoms with E-state index in [9.17, 15) is 0 Å². The Bertz CT molecular complexity index is 156. The van der Waals surface area contributed by atoms with Crippen LogP contribution in [0.1, 0.15) is 39.5 Å². The van der Waals surface area contributed by atoms with Crippen molar-refractivity contribution < 1.29 is 0 Å². The van der Waals surface area contributed by atoms with Crippen molar-refractivity contribution in [3.8, 4) is 6.07 Å². The topological polar surface area (TPSA) is 36.1 Å². The third-order valence-electron chi connectivity index (χ3n) is 1.78. The van der Waals surface area contributed by atoms with Gasteiger partial charge in [-0.2, -0.15) is 5.26 Å². The van der Waals surface area contributed by atoms with E-state index in [1.807, 2.05) is 6.92 Å². The summed E-state index contributed by atoms with van der Waals surface area (Å²) >= 11 is 0. The molecule has 0 bridgehead atoms. The van der Waals surface area contributed by atoms with Crippen LogP contribution in [-0.4, -0.2) is 12.8 Å². The van der Waals surface area contributed by atoms with E-state index in [-0.39, 0.29) is 5.92 Å². The van der Waals surface area contributed by atoms with Crippen LogP contribution in [0.25, 0.3) is 0 Å². The van der Waals surface area contributed by atoms with E-state index < -0.39 is 0 Å². The largest absolute Gasteiger partial charge is 0.296 e. The minimum Gasteiger partial charge on any atom is -0.296 e. The van der Waals surface area contributed by atoms with E-state index in [4.69, 9.17) is 5.26 Å². The van der Waals surface area contributed by atoms with Crippen molar-refractivity contribution in [2.75, 3.05) is 6.54 Å². The number of hydrogen-bond acceptors (Lipinski definition) is 2. The molecule has 1 atom stereocenters. The summed E-state index contributed by atoms with van der Waals surface area (Å²) in [5, 5.41) is 8.59. The standard InChI is InChI=1S/C10H18N2/c1-3-5-6-7-12-9-10(4-2)8-11/h9-10H,3-7H2,1-2H3. The third-order valence-corrected chi connectivity index (χ3v) is 1.78. The zero-order chi connectivity index (χ0) is 9.23. The van der Waals surface area contributed by atoms with Crippen LogP contribution in [0.5, 0.6) is 0 Å². The molecular formula is C10H18N2. The van der Waals surface area contributed by atoms with Gasteiger partial charge >= 0.3 is 0 Å². The molecule has 0 spiro atoms. The van der Waals surface area contributed by atoms with Crippen molar-refractivity contribution in [2.24, 2.45) is 10.9 Å². The van der Waals surface area contributed by atoms with Crippen LogP contribution in [-0.2, 0) is 0 Å². The lowest BCUT2D eigenvalue weighted by Gasteiger charge is -1.96. The first-order valence-corrected chi connectivity index (χ1v) is 4.74. The van der Waals surface area contributed by atoms with Crippen molar-refractivity contribution in [2.45, 2.75) is 39.5 Å². The molecule has 0 radical (unpaired) electrons. The second-order valence-electron chi connectivity index (χ2n) is 2.91. The lowest BCUT2D eigenvalue weighted by Crippen LogP contribution is -1.96. The summed E-state index contributed by atoms with van der Waals surface area (Å²) in [7, 11) is 0. The molecule has 0 saturated carbocycles. The zero-order valence-electron chi connectivity index (χ0n) is 8.08. The predicted octanol–water partition coefficient (Wildman–Crippen LogP) is 2.80. The monoisotopic (exact) mass is 166 g/mol. The highest BCUT2D eigenvalue weighted by atomic mass is 14.7. The molecule has 2 nitrogen and oxygen atoms in total. The van der Waals surface area contributed by atoms with E-state index in [0.717, 1.165) is 19.4 Å². The van der Waals surface area contributed by atoms with Crippen LogP contribution < -0.4 is 0 Å². The van der Waals surface area contributed by atoms with E-state index in [1.165, 1.54) is 12.8 Å². The van der Waals surface area contributed by atoms with E-state index in [1.54, 1.807) is 6.21 Å². The molecule has 0 aromatic carbocycles. The molecule has 0 fully saturated rings. The highest BCUT2D eigenvalue weighted by Gasteiger charge is 1.96. The van der Waals surface area contributed by atoms with Gasteiger partial charge in [0.15, 0.2) is 0 Å². The van der Waals surface area contributed by atoms with Gasteiger partial charge in [0.25, 0.3) is 0 Å². The molecule has 0 rings (SSSR count). The Hall–Kier alpha value is -0.840. The molecule has 0 amide bonds. The quantitative estimate of drug-likeness (QED) is 0.441. The van der Waals surface area contributed by atoms with Gasteiger partial charge in [0.2, 0.25) is 0 Å². The van der Waals surface area contributed by atoms with Gasteiger partial charge in [-0.3, -0.25) is 4.99 Å². The van der Waals surface area contributed by atoms with Crippen molar-refractivity contribution in [1.29, 1.82) is 5.26 Å². The molecule has 12 heavy (non-hydrogen) atoms. The maximum Gasteiger partial charge on any atom is 0.0808 e. The fourth-order valence-electron chi connectivity index (χ4n) is 0.885. The van der Waals surface area contributed by atoms with Crippen LogP contribution >= 0.6 is 0 Å². The summed E-state index contributed by atoms with van der Waals surface area (Å²) < 4.78 is 0. The van der Waals surface area contributed by atoms with Crippen molar-refractivity contribution in [3.63, 3.8) is 0 Å². The maximum absolute atomic E-state index is 8.59. The molecule has 68 valence electrons. The summed E-state index contributed by atoms with van der Waals surface area (Å²) in [4.78, 5) is 4.20. The number of rotatable bonds is 6. The Morgan fingerprint density at radius 3 is 2.67 bits per heavy atom. The Kier molecular flexibility index (Phi) is 7.68. The molecular weight excluding hydrogens is 148 g/mol. The third kappa shape index (κ3) is 5.91. The molecule has 2 heteroatoms. The average molecular weight is 166 g/mol. The molecule has 0 saturated heterocycles. The summed E-state index contributed by atoms with van der Waals surface area (Å²) in [6, 6.07) is 2.19. The minimum atomic E-state index is 0.0200. The highest BCUT2D eigenvalue weighted by molar-refractivity contribution is 5.63. The van der Waals surface area contributed by atoms with Gasteiger partial charge in [-0.15, -0.1) is 0 Å². The zero-order valence-corrected chi connectivity index (χ0v) is 8.08. The summed E-state index contributed by atoms with van der Waals surface area (Å²) in [6.45, 7) is 5.06. The summed E-state index contributed by atoms with van der Waals surface area (Å²) in [5.41, 5.74) is 0. The van der Waals surface area contributed by atoms with Crippen LogP contribution in [0.15, 0.2) is 4.99 Å². The molecule has 0 aliphatic carbocycles. The smallest absolute Gasteiger partial charge is 0.0808 e. The number of nitriles is 1. The van der Waals surface area contributed by atoms with Gasteiger partial charge in [-0.05, 0) is 12.8 Å². The number of hydrogen-bond donors (Lipinski definition) is 0. The predicted molar refractivity (Wildman–Crippen MR) is 52.3 cm³/mol. The first-order valence-electron chi connectivity index (χ1n) is 4.74. The first-order chi connectivity index (χ1) is 5.85. The molecule has 0 aromatic rings. The second-order valence-corrected chi connectivity index (χ2v) is 2.91. The number of nitrogens with zero attached hydrogens (tertiary/aromatic N) is 2. The SMILES string of the molecule is CCCCCN=CC(C#N)CC. The Morgan fingerprint density at radius 2 is 2.17 bits per heavy atom. The number of aliphatic imine (C=N–C) groups is 1. The van der Waals surface area contributed by atoms with E-state index in [2.05, 4.69) is 18.0 Å². The van der Waals surface area contributed by atoms with Crippen LogP contribution in [0.3, 0.4) is 0 Å². The lowest BCUT2D eigenvalue weighted by molar-refractivity contribution is 0.725. The fourth-order valence-corrected chi connectivity index (χ4v) is 0.885. The molecule has 0 aliphatic heterocycles. The van der Waals surface area contributed by atoms with Gasteiger partial charge in [0.05, 0.1) is 12.0 Å². The molecule has 0 aromatic heterocycles. The van der Waals surface area contributed by atoms with Gasteiger partial charge in [0, 0.05) is 12.8 Å². The lowest BCUT2D eigenvalue weighted by atomic mass is 10.1. The second kappa shape index (κ2) is 8.26. The van der Waals surface area contributed by atoms with Gasteiger partial charge in [-0.1, -0.05) is 26.7 Å². The molecule has 0 aliphatic rings. The van der Waals surface area contributed by atoms with Crippen LogP contribution in [0, 0.1) is 17.2 Å². The van der Waals surface area contributed by atoms with Gasteiger partial charge in [-0.25, -0.2) is 0 Å². The van der Waals surface area contributed by atoms with Crippen LogP contribution in [0.4, 0.5) is 0 Å². The molecule has 0 heterocycles. The van der Waals surface area contributed by atoms with Crippen molar-refractivity contribution >= 4 is 6.21 Å². The summed E-state index contributed by atoms with van der Waals surface area (Å²) in [6.07, 6.45) is 6.27. The maximum atomic E-state index is 8.59. The normalized spacial score (nSPS) is 13.1. The van der Waals surface area contributed by atoms with Crippen LogP contribution in [0.2, 0.25) is 0 Å². The Labute approximate surface area is 75.3 Å².